The van der Waals surface area contributed by atoms with E-state index in [0.29, 0.717) is 6.42 Å². The number of nitrogens with two attached hydrogens (primary N) is 2. The van der Waals surface area contributed by atoms with Gasteiger partial charge in [0.25, 0.3) is 10.2 Å². The second-order valence-corrected chi connectivity index (χ2v) is 8.69. The molecule has 0 bridgehead atoms. The van der Waals surface area contributed by atoms with Gasteiger partial charge >= 0.3 is 13.1 Å². The fourth-order valence-electron chi connectivity index (χ4n) is 2.88. The molecule has 0 unspecified atom stereocenters. The standard InChI is InChI=1S/C12H25BN4O6S/c14-11(3-4-11)7-16-24(22,23)17-6-9(2-1-5-13(20)21)12(15,8-17)10(18)19/h9,16,20-21H,1-8,14-15H2,(H,18,19)/t9-,12-/m1/s1. The van der Waals surface area contributed by atoms with Crippen LogP contribution in [0, 0.1) is 5.92 Å². The van der Waals surface area contributed by atoms with Crippen molar-refractivity contribution in [1.29, 1.82) is 0 Å². The first-order chi connectivity index (χ1) is 11.0. The zero-order valence-electron chi connectivity index (χ0n) is 13.4. The molecule has 1 heterocycles. The molecule has 1 saturated carbocycles. The van der Waals surface area contributed by atoms with Crippen LogP contribution in [0.2, 0.25) is 6.32 Å². The molecule has 138 valence electrons. The van der Waals surface area contributed by atoms with E-state index in [2.05, 4.69) is 4.72 Å². The molecule has 0 radical (unpaired) electrons. The fourth-order valence-corrected chi connectivity index (χ4v) is 4.29. The van der Waals surface area contributed by atoms with Crippen LogP contribution >= 0.6 is 0 Å². The first-order valence-corrected chi connectivity index (χ1v) is 9.35. The highest BCUT2D eigenvalue weighted by Gasteiger charge is 2.52. The van der Waals surface area contributed by atoms with Crippen molar-refractivity contribution >= 4 is 23.3 Å². The second kappa shape index (κ2) is 6.86. The number of carboxylic acids is 1. The molecule has 0 aromatic carbocycles. The molecule has 2 fully saturated rings. The maximum absolute atomic E-state index is 12.4. The molecular formula is C12H25BN4O6S. The predicted octanol–water partition coefficient (Wildman–Crippen LogP) is -2.72. The molecule has 1 aliphatic heterocycles. The maximum atomic E-state index is 12.4. The summed E-state index contributed by atoms with van der Waals surface area (Å²) in [5, 5.41) is 27.2. The molecule has 2 atom stereocenters. The van der Waals surface area contributed by atoms with Crippen LogP contribution in [-0.4, -0.2) is 71.7 Å². The first-order valence-electron chi connectivity index (χ1n) is 7.91. The van der Waals surface area contributed by atoms with Crippen LogP contribution < -0.4 is 16.2 Å². The van der Waals surface area contributed by atoms with Crippen LogP contribution in [0.5, 0.6) is 0 Å². The van der Waals surface area contributed by atoms with Crippen LogP contribution in [-0.2, 0) is 15.0 Å². The summed E-state index contributed by atoms with van der Waals surface area (Å²) in [7, 11) is -5.35. The summed E-state index contributed by atoms with van der Waals surface area (Å²) in [6.07, 6.45) is 2.19. The molecule has 1 saturated heterocycles. The molecule has 12 heteroatoms. The summed E-state index contributed by atoms with van der Waals surface area (Å²) < 4.78 is 28.2. The lowest BCUT2D eigenvalue weighted by Gasteiger charge is -2.25. The zero-order valence-corrected chi connectivity index (χ0v) is 14.2. The Kier molecular flexibility index (Phi) is 5.60. The van der Waals surface area contributed by atoms with Gasteiger partial charge in [0.1, 0.15) is 5.54 Å². The third-order valence-electron chi connectivity index (χ3n) is 4.84. The Labute approximate surface area is 141 Å². The van der Waals surface area contributed by atoms with E-state index in [0.717, 1.165) is 17.1 Å². The van der Waals surface area contributed by atoms with Gasteiger partial charge in [-0.05, 0) is 25.6 Å². The van der Waals surface area contributed by atoms with E-state index >= 15 is 0 Å². The number of rotatable bonds is 9. The Morgan fingerprint density at radius 2 is 1.96 bits per heavy atom. The number of hydrogen-bond donors (Lipinski definition) is 6. The van der Waals surface area contributed by atoms with E-state index in [-0.39, 0.29) is 32.4 Å². The van der Waals surface area contributed by atoms with Crippen molar-refractivity contribution in [1.82, 2.24) is 9.03 Å². The second-order valence-electron chi connectivity index (χ2n) is 6.94. The van der Waals surface area contributed by atoms with Gasteiger partial charge in [-0.15, -0.1) is 0 Å². The minimum Gasteiger partial charge on any atom is -0.480 e. The third kappa shape index (κ3) is 4.45. The Bertz CT molecular complexity index is 584. The molecule has 1 aliphatic carbocycles. The lowest BCUT2D eigenvalue weighted by atomic mass is 9.78. The number of carboxylic acid groups (broad SMARTS) is 1. The average molecular weight is 364 g/mol. The monoisotopic (exact) mass is 364 g/mol. The third-order valence-corrected chi connectivity index (χ3v) is 6.31. The largest absolute Gasteiger partial charge is 0.480 e. The van der Waals surface area contributed by atoms with Gasteiger partial charge < -0.3 is 26.6 Å². The fraction of sp³-hybridized carbons (Fsp3) is 0.917. The number of nitrogens with zero attached hydrogens (tertiary/aromatic N) is 1. The lowest BCUT2D eigenvalue weighted by molar-refractivity contribution is -0.144. The van der Waals surface area contributed by atoms with Gasteiger partial charge in [0.15, 0.2) is 0 Å². The number of nitrogens with one attached hydrogen (secondary N) is 1. The first kappa shape index (κ1) is 19.6. The van der Waals surface area contributed by atoms with E-state index in [1.807, 2.05) is 0 Å². The van der Waals surface area contributed by atoms with Crippen LogP contribution in [0.1, 0.15) is 25.7 Å². The molecule has 0 aromatic rings. The molecule has 0 amide bonds. The van der Waals surface area contributed by atoms with Gasteiger partial charge in [0.05, 0.1) is 0 Å². The normalized spacial score (nSPS) is 29.6. The van der Waals surface area contributed by atoms with Crippen molar-refractivity contribution in [3.05, 3.63) is 0 Å². The van der Waals surface area contributed by atoms with E-state index in [1.165, 1.54) is 0 Å². The van der Waals surface area contributed by atoms with Gasteiger partial charge in [-0.3, -0.25) is 4.79 Å². The zero-order chi connectivity index (χ0) is 18.2. The van der Waals surface area contributed by atoms with E-state index in [9.17, 15) is 18.3 Å². The maximum Gasteiger partial charge on any atom is 0.451 e. The molecule has 2 aliphatic rings. The number of aliphatic carboxylic acids is 1. The van der Waals surface area contributed by atoms with Crippen molar-refractivity contribution in [3.63, 3.8) is 0 Å². The van der Waals surface area contributed by atoms with Crippen LogP contribution in [0.3, 0.4) is 0 Å². The van der Waals surface area contributed by atoms with Crippen LogP contribution in [0.25, 0.3) is 0 Å². The van der Waals surface area contributed by atoms with Crippen molar-refractivity contribution < 1.29 is 28.4 Å². The van der Waals surface area contributed by atoms with Gasteiger partial charge in [-0.1, -0.05) is 6.42 Å². The summed E-state index contributed by atoms with van der Waals surface area (Å²) >= 11 is 0. The number of hydrogen-bond acceptors (Lipinski definition) is 7. The Morgan fingerprint density at radius 3 is 2.46 bits per heavy atom. The number of carbonyl (C=O) groups is 1. The molecule has 2 rings (SSSR count). The molecule has 0 spiro atoms. The van der Waals surface area contributed by atoms with E-state index in [1.54, 1.807) is 0 Å². The summed E-state index contributed by atoms with van der Waals surface area (Å²) in [6.45, 7) is -0.253. The van der Waals surface area contributed by atoms with Gasteiger partial charge in [0.2, 0.25) is 0 Å². The predicted molar refractivity (Wildman–Crippen MR) is 86.9 cm³/mol. The van der Waals surface area contributed by atoms with Gasteiger partial charge in [0, 0.05) is 31.1 Å². The smallest absolute Gasteiger partial charge is 0.451 e. The lowest BCUT2D eigenvalue weighted by Crippen LogP contribution is -2.55. The highest BCUT2D eigenvalue weighted by Crippen LogP contribution is 2.33. The molecule has 24 heavy (non-hydrogen) atoms. The summed E-state index contributed by atoms with van der Waals surface area (Å²) in [4.78, 5) is 11.5. The molecule has 10 nitrogen and oxygen atoms in total. The van der Waals surface area contributed by atoms with Crippen LogP contribution in [0.4, 0.5) is 0 Å². The summed E-state index contributed by atoms with van der Waals surface area (Å²) in [6, 6.07) is 0. The minimum atomic E-state index is -3.87. The summed E-state index contributed by atoms with van der Waals surface area (Å²) in [5.41, 5.74) is 9.62. The van der Waals surface area contributed by atoms with Gasteiger partial charge in [-0.25, -0.2) is 4.72 Å². The van der Waals surface area contributed by atoms with Crippen molar-refractivity contribution in [3.8, 4) is 0 Å². The quantitative estimate of drug-likeness (QED) is 0.239. The van der Waals surface area contributed by atoms with Crippen molar-refractivity contribution in [2.24, 2.45) is 17.4 Å². The Morgan fingerprint density at radius 1 is 1.33 bits per heavy atom. The highest BCUT2D eigenvalue weighted by atomic mass is 32.2. The Balaban J connectivity index is 2.02. The molecular weight excluding hydrogens is 339 g/mol. The average Bonchev–Trinajstić information content (AvgIpc) is 3.10. The summed E-state index contributed by atoms with van der Waals surface area (Å²) in [5.74, 6) is -1.88. The molecule has 0 aromatic heterocycles. The minimum absolute atomic E-state index is 0.0305. The Hall–Kier alpha value is -0.755. The van der Waals surface area contributed by atoms with E-state index in [4.69, 9.17) is 21.5 Å². The molecule has 8 N–H and O–H groups in total. The van der Waals surface area contributed by atoms with Gasteiger partial charge in [-0.2, -0.15) is 12.7 Å². The van der Waals surface area contributed by atoms with Crippen molar-refractivity contribution in [2.45, 2.75) is 43.1 Å². The SMILES string of the molecule is NC1(CNS(=O)(=O)N2C[C@@H](CCCB(O)O)[C@@](N)(C(=O)O)C2)CC1. The van der Waals surface area contributed by atoms with E-state index < -0.39 is 40.3 Å². The van der Waals surface area contributed by atoms with Crippen LogP contribution in [0.15, 0.2) is 0 Å². The highest BCUT2D eigenvalue weighted by molar-refractivity contribution is 7.87. The van der Waals surface area contributed by atoms with Crippen molar-refractivity contribution in [2.75, 3.05) is 19.6 Å². The topological polar surface area (TPSA) is 179 Å².